The molecule has 2 N–H and O–H groups in total. The second-order valence-corrected chi connectivity index (χ2v) is 4.77. The number of phenols is 1. The van der Waals surface area contributed by atoms with Crippen LogP contribution in [-0.4, -0.2) is 36.2 Å². The second kappa shape index (κ2) is 5.04. The van der Waals surface area contributed by atoms with Gasteiger partial charge in [0.2, 0.25) is 0 Å². The number of hydrogen-bond acceptors (Lipinski definition) is 3. The molecule has 0 aliphatic carbocycles. The highest BCUT2D eigenvalue weighted by molar-refractivity contribution is 6.30. The molecule has 1 unspecified atom stereocenters. The van der Waals surface area contributed by atoms with Gasteiger partial charge in [-0.2, -0.15) is 0 Å². The summed E-state index contributed by atoms with van der Waals surface area (Å²) < 4.78 is 0. The molecule has 0 saturated carbocycles. The largest absolute Gasteiger partial charge is 0.508 e. The maximum Gasteiger partial charge on any atom is 0.120 e. The van der Waals surface area contributed by atoms with E-state index in [1.807, 2.05) is 6.07 Å². The highest BCUT2D eigenvalue weighted by atomic mass is 35.5. The van der Waals surface area contributed by atoms with Gasteiger partial charge in [-0.05, 0) is 38.2 Å². The molecule has 2 rings (SSSR count). The summed E-state index contributed by atoms with van der Waals surface area (Å²) in [6.07, 6.45) is 1.16. The Morgan fingerprint density at radius 2 is 2.38 bits per heavy atom. The minimum Gasteiger partial charge on any atom is -0.508 e. The van der Waals surface area contributed by atoms with Crippen molar-refractivity contribution in [2.45, 2.75) is 19.0 Å². The Bertz CT molecular complexity index is 364. The molecule has 16 heavy (non-hydrogen) atoms. The van der Waals surface area contributed by atoms with Crippen molar-refractivity contribution in [3.8, 4) is 5.75 Å². The highest BCUT2D eigenvalue weighted by Crippen LogP contribution is 2.23. The van der Waals surface area contributed by atoms with E-state index in [1.54, 1.807) is 12.1 Å². The molecule has 1 aromatic carbocycles. The average Bonchev–Trinajstić information content (AvgIpc) is 2.76. The van der Waals surface area contributed by atoms with Crippen LogP contribution in [-0.2, 0) is 6.54 Å². The smallest absolute Gasteiger partial charge is 0.120 e. The van der Waals surface area contributed by atoms with Crippen LogP contribution in [0.1, 0.15) is 12.0 Å². The normalized spacial score (nSPS) is 20.6. The molecule has 3 nitrogen and oxygen atoms in total. The number of nitrogens with zero attached hydrogens (tertiary/aromatic N) is 1. The summed E-state index contributed by atoms with van der Waals surface area (Å²) in [4.78, 5) is 2.26. The van der Waals surface area contributed by atoms with Crippen LogP contribution in [0, 0.1) is 0 Å². The summed E-state index contributed by atoms with van der Waals surface area (Å²) in [6, 6.07) is 5.74. The van der Waals surface area contributed by atoms with E-state index >= 15 is 0 Å². The first kappa shape index (κ1) is 11.7. The second-order valence-electron chi connectivity index (χ2n) is 4.33. The number of nitrogens with one attached hydrogen (secondary N) is 1. The van der Waals surface area contributed by atoms with E-state index in [1.165, 1.54) is 0 Å². The Balaban J connectivity index is 2.04. The van der Waals surface area contributed by atoms with Gasteiger partial charge in [0, 0.05) is 29.7 Å². The maximum atomic E-state index is 9.73. The minimum absolute atomic E-state index is 0.321. The van der Waals surface area contributed by atoms with Crippen molar-refractivity contribution < 1.29 is 5.11 Å². The van der Waals surface area contributed by atoms with Gasteiger partial charge in [0.25, 0.3) is 0 Å². The van der Waals surface area contributed by atoms with E-state index in [-0.39, 0.29) is 0 Å². The topological polar surface area (TPSA) is 35.5 Å². The van der Waals surface area contributed by atoms with Gasteiger partial charge in [-0.1, -0.05) is 11.6 Å². The summed E-state index contributed by atoms with van der Waals surface area (Å²) in [7, 11) is 2.08. The van der Waals surface area contributed by atoms with Crippen LogP contribution in [0.4, 0.5) is 0 Å². The van der Waals surface area contributed by atoms with Crippen molar-refractivity contribution in [2.24, 2.45) is 0 Å². The number of likely N-dealkylation sites (N-methyl/N-ethyl adjacent to an activating group) is 1. The van der Waals surface area contributed by atoms with E-state index in [2.05, 4.69) is 17.3 Å². The molecular formula is C12H17ClN2O. The van der Waals surface area contributed by atoms with Crippen LogP contribution < -0.4 is 5.32 Å². The van der Waals surface area contributed by atoms with Gasteiger partial charge in [0.05, 0.1) is 0 Å². The van der Waals surface area contributed by atoms with Crippen LogP contribution in [0.15, 0.2) is 18.2 Å². The Kier molecular flexibility index (Phi) is 3.69. The molecule has 0 radical (unpaired) electrons. The molecule has 1 atom stereocenters. The van der Waals surface area contributed by atoms with Crippen LogP contribution in [0.25, 0.3) is 0 Å². The predicted octanol–water partition coefficient (Wildman–Crippen LogP) is 1.84. The monoisotopic (exact) mass is 240 g/mol. The lowest BCUT2D eigenvalue weighted by Gasteiger charge is -2.23. The number of aromatic hydroxyl groups is 1. The minimum atomic E-state index is 0.321. The number of halogens is 1. The molecule has 1 heterocycles. The number of hydrogen-bond donors (Lipinski definition) is 2. The lowest BCUT2D eigenvalue weighted by atomic mass is 10.1. The number of phenolic OH excluding ortho intramolecular Hbond substituents is 1. The molecule has 0 spiro atoms. The van der Waals surface area contributed by atoms with Gasteiger partial charge in [-0.3, -0.25) is 4.90 Å². The third-order valence-corrected chi connectivity index (χ3v) is 3.35. The molecule has 1 fully saturated rings. The quantitative estimate of drug-likeness (QED) is 0.847. The molecule has 0 aromatic heterocycles. The van der Waals surface area contributed by atoms with E-state index < -0.39 is 0 Å². The molecule has 88 valence electrons. The third-order valence-electron chi connectivity index (χ3n) is 3.12. The van der Waals surface area contributed by atoms with Gasteiger partial charge in [0.1, 0.15) is 5.75 Å². The summed E-state index contributed by atoms with van der Waals surface area (Å²) in [5.41, 5.74) is 0.891. The van der Waals surface area contributed by atoms with Crippen molar-refractivity contribution in [3.05, 3.63) is 28.8 Å². The van der Waals surface area contributed by atoms with Crippen LogP contribution in [0.5, 0.6) is 5.75 Å². The summed E-state index contributed by atoms with van der Waals surface area (Å²) >= 11 is 5.92. The zero-order valence-electron chi connectivity index (χ0n) is 9.41. The Labute approximate surface area is 101 Å². The first-order chi connectivity index (χ1) is 7.66. The number of benzene rings is 1. The fraction of sp³-hybridized carbons (Fsp3) is 0.500. The van der Waals surface area contributed by atoms with Gasteiger partial charge in [-0.25, -0.2) is 0 Å². The van der Waals surface area contributed by atoms with E-state index in [0.717, 1.165) is 31.6 Å². The molecule has 0 bridgehead atoms. The molecule has 1 saturated heterocycles. The first-order valence-electron chi connectivity index (χ1n) is 5.55. The standard InChI is InChI=1S/C12H17ClN2O/c1-15(11-4-5-14-7-11)8-9-6-10(13)2-3-12(9)16/h2-3,6,11,14,16H,4-5,7-8H2,1H3. The van der Waals surface area contributed by atoms with Gasteiger partial charge >= 0.3 is 0 Å². The van der Waals surface area contributed by atoms with Crippen LogP contribution in [0.2, 0.25) is 5.02 Å². The molecule has 0 amide bonds. The average molecular weight is 241 g/mol. The van der Waals surface area contributed by atoms with Crippen LogP contribution in [0.3, 0.4) is 0 Å². The van der Waals surface area contributed by atoms with Crippen molar-refractivity contribution in [1.29, 1.82) is 0 Å². The van der Waals surface area contributed by atoms with Crippen molar-refractivity contribution in [2.75, 3.05) is 20.1 Å². The molecule has 4 heteroatoms. The zero-order valence-corrected chi connectivity index (χ0v) is 10.2. The SMILES string of the molecule is CN(Cc1cc(Cl)ccc1O)C1CCNC1. The van der Waals surface area contributed by atoms with Gasteiger partial charge in [-0.15, -0.1) is 0 Å². The molecular weight excluding hydrogens is 224 g/mol. The zero-order chi connectivity index (χ0) is 11.5. The van der Waals surface area contributed by atoms with E-state index in [4.69, 9.17) is 11.6 Å². The lowest BCUT2D eigenvalue weighted by Crippen LogP contribution is -2.32. The summed E-state index contributed by atoms with van der Waals surface area (Å²) in [5.74, 6) is 0.321. The van der Waals surface area contributed by atoms with E-state index in [9.17, 15) is 5.11 Å². The van der Waals surface area contributed by atoms with Gasteiger partial charge < -0.3 is 10.4 Å². The fourth-order valence-electron chi connectivity index (χ4n) is 2.09. The Morgan fingerprint density at radius 3 is 3.06 bits per heavy atom. The lowest BCUT2D eigenvalue weighted by molar-refractivity contribution is 0.246. The van der Waals surface area contributed by atoms with Crippen LogP contribution >= 0.6 is 11.6 Å². The van der Waals surface area contributed by atoms with Crippen molar-refractivity contribution in [3.63, 3.8) is 0 Å². The summed E-state index contributed by atoms with van der Waals surface area (Å²) in [6.45, 7) is 2.84. The molecule has 1 aromatic rings. The fourth-order valence-corrected chi connectivity index (χ4v) is 2.29. The summed E-state index contributed by atoms with van der Waals surface area (Å²) in [5, 5.41) is 13.7. The first-order valence-corrected chi connectivity index (χ1v) is 5.93. The molecule has 1 aliphatic heterocycles. The van der Waals surface area contributed by atoms with Crippen molar-refractivity contribution in [1.82, 2.24) is 10.2 Å². The third kappa shape index (κ3) is 2.67. The van der Waals surface area contributed by atoms with Gasteiger partial charge in [0.15, 0.2) is 0 Å². The Hall–Kier alpha value is -0.770. The van der Waals surface area contributed by atoms with Crippen molar-refractivity contribution >= 4 is 11.6 Å². The maximum absolute atomic E-state index is 9.73. The molecule has 1 aliphatic rings. The van der Waals surface area contributed by atoms with E-state index in [0.29, 0.717) is 16.8 Å². The predicted molar refractivity (Wildman–Crippen MR) is 65.9 cm³/mol. The highest BCUT2D eigenvalue weighted by Gasteiger charge is 2.19. The number of rotatable bonds is 3. The Morgan fingerprint density at radius 1 is 1.56 bits per heavy atom.